The van der Waals surface area contributed by atoms with Gasteiger partial charge >= 0.3 is 6.03 Å². The lowest BCUT2D eigenvalue weighted by atomic mass is 10.2. The minimum atomic E-state index is -0.179. The van der Waals surface area contributed by atoms with Gasteiger partial charge in [-0.3, -0.25) is 0 Å². The van der Waals surface area contributed by atoms with Crippen LogP contribution in [0.1, 0.15) is 13.8 Å². The van der Waals surface area contributed by atoms with Crippen molar-refractivity contribution in [3.63, 3.8) is 0 Å². The van der Waals surface area contributed by atoms with Crippen molar-refractivity contribution in [1.29, 1.82) is 0 Å². The largest absolute Gasteiger partial charge is 0.472 e. The SMILES string of the molecule is CC1CN(C(=O)NCOc2ccc(Cl)cc2Cl)CC(C)O1. The standard InChI is InChI=1S/C14H18Cl2N2O3/c1-9-6-18(7-10(2)21-9)14(19)17-8-20-13-4-3-11(15)5-12(13)16/h3-5,9-10H,6-8H2,1-2H3,(H,17,19). The van der Waals surface area contributed by atoms with Gasteiger partial charge in [0.2, 0.25) is 0 Å². The number of halogens is 2. The zero-order chi connectivity index (χ0) is 15.4. The summed E-state index contributed by atoms with van der Waals surface area (Å²) in [5, 5.41) is 3.64. The third kappa shape index (κ3) is 4.66. The number of carbonyl (C=O) groups is 1. The Bertz CT molecular complexity index is 503. The summed E-state index contributed by atoms with van der Waals surface area (Å²) in [6.45, 7) is 5.07. The molecular formula is C14H18Cl2N2O3. The van der Waals surface area contributed by atoms with E-state index in [1.165, 1.54) is 0 Å². The molecule has 0 spiro atoms. The van der Waals surface area contributed by atoms with Gasteiger partial charge in [-0.15, -0.1) is 0 Å². The zero-order valence-corrected chi connectivity index (χ0v) is 13.4. The molecule has 7 heteroatoms. The van der Waals surface area contributed by atoms with Crippen molar-refractivity contribution in [2.75, 3.05) is 19.8 Å². The maximum Gasteiger partial charge on any atom is 0.320 e. The van der Waals surface area contributed by atoms with Crippen LogP contribution in [0.3, 0.4) is 0 Å². The van der Waals surface area contributed by atoms with Gasteiger partial charge in [-0.25, -0.2) is 4.79 Å². The van der Waals surface area contributed by atoms with E-state index in [-0.39, 0.29) is 25.0 Å². The average Bonchev–Trinajstić information content (AvgIpc) is 2.40. The number of hydrogen-bond acceptors (Lipinski definition) is 3. The maximum atomic E-state index is 12.0. The first kappa shape index (κ1) is 16.2. The minimum Gasteiger partial charge on any atom is -0.472 e. The second kappa shape index (κ2) is 7.20. The normalized spacial score (nSPS) is 22.0. The van der Waals surface area contributed by atoms with Crippen LogP contribution >= 0.6 is 23.2 Å². The number of nitrogens with zero attached hydrogens (tertiary/aromatic N) is 1. The van der Waals surface area contributed by atoms with Crippen LogP contribution in [0, 0.1) is 0 Å². The Morgan fingerprint density at radius 1 is 1.38 bits per heavy atom. The van der Waals surface area contributed by atoms with Crippen molar-refractivity contribution < 1.29 is 14.3 Å². The van der Waals surface area contributed by atoms with Gasteiger partial charge < -0.3 is 19.7 Å². The summed E-state index contributed by atoms with van der Waals surface area (Å²) < 4.78 is 11.0. The molecule has 2 atom stereocenters. The molecule has 21 heavy (non-hydrogen) atoms. The number of rotatable bonds is 3. The van der Waals surface area contributed by atoms with Crippen molar-refractivity contribution in [3.05, 3.63) is 28.2 Å². The van der Waals surface area contributed by atoms with Crippen LogP contribution in [0.5, 0.6) is 5.75 Å². The number of carbonyl (C=O) groups excluding carboxylic acids is 1. The Labute approximate surface area is 134 Å². The molecule has 1 N–H and O–H groups in total. The van der Waals surface area contributed by atoms with Crippen LogP contribution in [0.15, 0.2) is 18.2 Å². The lowest BCUT2D eigenvalue weighted by Gasteiger charge is -2.35. The summed E-state index contributed by atoms with van der Waals surface area (Å²) in [6.07, 6.45) is 0.0669. The van der Waals surface area contributed by atoms with Gasteiger partial charge in [0, 0.05) is 18.1 Å². The number of hydrogen-bond donors (Lipinski definition) is 1. The fourth-order valence-corrected chi connectivity index (χ4v) is 2.69. The maximum absolute atomic E-state index is 12.0. The predicted octanol–water partition coefficient (Wildman–Crippen LogP) is 3.15. The van der Waals surface area contributed by atoms with Gasteiger partial charge in [-0.2, -0.15) is 0 Å². The summed E-state index contributed by atoms with van der Waals surface area (Å²) in [5.74, 6) is 0.477. The third-order valence-corrected chi connectivity index (χ3v) is 3.58. The zero-order valence-electron chi connectivity index (χ0n) is 11.9. The molecule has 1 aromatic rings. The quantitative estimate of drug-likeness (QED) is 0.865. The van der Waals surface area contributed by atoms with Gasteiger partial charge in [0.05, 0.1) is 17.2 Å². The molecule has 0 aromatic heterocycles. The number of ether oxygens (including phenoxy) is 2. The molecule has 1 saturated heterocycles. The Balaban J connectivity index is 1.81. The topological polar surface area (TPSA) is 50.8 Å². The molecule has 0 saturated carbocycles. The van der Waals surface area contributed by atoms with Crippen LogP contribution < -0.4 is 10.1 Å². The molecule has 2 rings (SSSR count). The van der Waals surface area contributed by atoms with E-state index in [0.717, 1.165) is 0 Å². The molecule has 0 bridgehead atoms. The smallest absolute Gasteiger partial charge is 0.320 e. The Morgan fingerprint density at radius 3 is 2.67 bits per heavy atom. The molecule has 1 aliphatic rings. The molecule has 0 aliphatic carbocycles. The average molecular weight is 333 g/mol. The predicted molar refractivity (Wildman–Crippen MR) is 82.1 cm³/mol. The second-order valence-electron chi connectivity index (χ2n) is 5.01. The highest BCUT2D eigenvalue weighted by Crippen LogP contribution is 2.27. The number of amides is 2. The van der Waals surface area contributed by atoms with Gasteiger partial charge in [0.1, 0.15) is 5.75 Å². The lowest BCUT2D eigenvalue weighted by Crippen LogP contribution is -2.52. The van der Waals surface area contributed by atoms with E-state index in [9.17, 15) is 4.79 Å². The van der Waals surface area contributed by atoms with Crippen molar-refractivity contribution in [1.82, 2.24) is 10.2 Å². The molecule has 2 amide bonds. The van der Waals surface area contributed by atoms with Crippen molar-refractivity contribution in [2.24, 2.45) is 0 Å². The molecule has 1 fully saturated rings. The van der Waals surface area contributed by atoms with Crippen LogP contribution in [0.25, 0.3) is 0 Å². The summed E-state index contributed by atoms with van der Waals surface area (Å²) in [7, 11) is 0. The number of urea groups is 1. The first-order valence-corrected chi connectivity index (χ1v) is 7.47. The highest BCUT2D eigenvalue weighted by atomic mass is 35.5. The minimum absolute atomic E-state index is 0.0335. The molecule has 2 unspecified atom stereocenters. The van der Waals surface area contributed by atoms with E-state index >= 15 is 0 Å². The number of nitrogens with one attached hydrogen (secondary N) is 1. The number of morpholine rings is 1. The fourth-order valence-electron chi connectivity index (χ4n) is 2.22. The molecule has 1 aromatic carbocycles. The van der Waals surface area contributed by atoms with E-state index < -0.39 is 0 Å². The second-order valence-corrected chi connectivity index (χ2v) is 5.85. The van der Waals surface area contributed by atoms with Crippen LogP contribution in [-0.4, -0.2) is 43.0 Å². The highest BCUT2D eigenvalue weighted by Gasteiger charge is 2.25. The Hall–Kier alpha value is -1.17. The Kier molecular flexibility index (Phi) is 5.56. The number of benzene rings is 1. The monoisotopic (exact) mass is 332 g/mol. The van der Waals surface area contributed by atoms with E-state index in [4.69, 9.17) is 32.7 Å². The van der Waals surface area contributed by atoms with Gasteiger partial charge in [0.25, 0.3) is 0 Å². The molecule has 5 nitrogen and oxygen atoms in total. The molecular weight excluding hydrogens is 315 g/mol. The van der Waals surface area contributed by atoms with Crippen molar-refractivity contribution in [3.8, 4) is 5.75 Å². The molecule has 116 valence electrons. The first-order valence-electron chi connectivity index (χ1n) is 6.72. The van der Waals surface area contributed by atoms with Crippen molar-refractivity contribution >= 4 is 29.2 Å². The summed E-state index contributed by atoms with van der Waals surface area (Å²) in [4.78, 5) is 13.8. The summed E-state index contributed by atoms with van der Waals surface area (Å²) >= 11 is 11.8. The van der Waals surface area contributed by atoms with E-state index in [2.05, 4.69) is 5.32 Å². The Morgan fingerprint density at radius 2 is 2.05 bits per heavy atom. The van der Waals surface area contributed by atoms with E-state index in [1.807, 2.05) is 13.8 Å². The van der Waals surface area contributed by atoms with Gasteiger partial charge in [-0.05, 0) is 32.0 Å². The lowest BCUT2D eigenvalue weighted by molar-refractivity contribution is -0.0548. The highest BCUT2D eigenvalue weighted by molar-refractivity contribution is 6.35. The van der Waals surface area contributed by atoms with Crippen molar-refractivity contribution in [2.45, 2.75) is 26.1 Å². The first-order chi connectivity index (χ1) is 9.95. The molecule has 1 aliphatic heterocycles. The summed E-state index contributed by atoms with van der Waals surface area (Å²) in [5.41, 5.74) is 0. The molecule has 1 heterocycles. The van der Waals surface area contributed by atoms with Gasteiger partial charge in [-0.1, -0.05) is 23.2 Å². The van der Waals surface area contributed by atoms with Crippen LogP contribution in [0.2, 0.25) is 10.0 Å². The van der Waals surface area contributed by atoms with Crippen LogP contribution in [0.4, 0.5) is 4.79 Å². The fraction of sp³-hybridized carbons (Fsp3) is 0.500. The summed E-state index contributed by atoms with van der Waals surface area (Å²) in [6, 6.07) is 4.75. The third-order valence-electron chi connectivity index (χ3n) is 3.05. The van der Waals surface area contributed by atoms with E-state index in [0.29, 0.717) is 28.9 Å². The van der Waals surface area contributed by atoms with Crippen LogP contribution in [-0.2, 0) is 4.74 Å². The van der Waals surface area contributed by atoms with Gasteiger partial charge in [0.15, 0.2) is 6.73 Å². The van der Waals surface area contributed by atoms with E-state index in [1.54, 1.807) is 23.1 Å². The molecule has 0 radical (unpaired) electrons.